The van der Waals surface area contributed by atoms with Gasteiger partial charge in [0.1, 0.15) is 11.3 Å². The van der Waals surface area contributed by atoms with Gasteiger partial charge in [0.25, 0.3) is 0 Å². The highest BCUT2D eigenvalue weighted by atomic mass is 35.5. The van der Waals surface area contributed by atoms with Gasteiger partial charge in [-0.05, 0) is 30.9 Å². The molecule has 3 nitrogen and oxygen atoms in total. The van der Waals surface area contributed by atoms with Crippen LogP contribution in [-0.4, -0.2) is 14.5 Å². The fraction of sp³-hybridized carbons (Fsp3) is 0.647. The van der Waals surface area contributed by atoms with Gasteiger partial charge in [-0.3, -0.25) is 0 Å². The summed E-state index contributed by atoms with van der Waals surface area (Å²) in [6.07, 6.45) is 5.05. The number of pyridine rings is 1. The number of aromatic nitrogens is 3. The van der Waals surface area contributed by atoms with Crippen molar-refractivity contribution in [1.29, 1.82) is 0 Å². The fourth-order valence-corrected chi connectivity index (χ4v) is 2.98. The van der Waals surface area contributed by atoms with Crippen LogP contribution in [0.4, 0.5) is 0 Å². The predicted octanol–water partition coefficient (Wildman–Crippen LogP) is 5.09. The summed E-state index contributed by atoms with van der Waals surface area (Å²) in [5.41, 5.74) is 3.16. The van der Waals surface area contributed by atoms with Crippen LogP contribution in [0.2, 0.25) is 0 Å². The minimum atomic E-state index is 0.231. The van der Waals surface area contributed by atoms with Crippen molar-refractivity contribution in [3.63, 3.8) is 0 Å². The zero-order chi connectivity index (χ0) is 15.5. The van der Waals surface area contributed by atoms with Gasteiger partial charge in [-0.2, -0.15) is 0 Å². The molecule has 4 heteroatoms. The Morgan fingerprint density at radius 3 is 2.62 bits per heavy atom. The SMILES string of the molecule is CCCCCC(C)(C)Cn1c(CCl)nc2ccc(C)nc21. The zero-order valence-electron chi connectivity index (χ0n) is 13.6. The van der Waals surface area contributed by atoms with Crippen LogP contribution in [0.15, 0.2) is 12.1 Å². The summed E-state index contributed by atoms with van der Waals surface area (Å²) in [6.45, 7) is 9.83. The first-order valence-electron chi connectivity index (χ1n) is 7.85. The molecule has 0 bridgehead atoms. The lowest BCUT2D eigenvalue weighted by molar-refractivity contribution is 0.272. The lowest BCUT2D eigenvalue weighted by atomic mass is 9.86. The van der Waals surface area contributed by atoms with Gasteiger partial charge in [-0.25, -0.2) is 9.97 Å². The van der Waals surface area contributed by atoms with E-state index in [4.69, 9.17) is 11.6 Å². The second kappa shape index (κ2) is 6.78. The van der Waals surface area contributed by atoms with Crippen LogP contribution in [0.25, 0.3) is 11.2 Å². The highest BCUT2D eigenvalue weighted by molar-refractivity contribution is 6.16. The van der Waals surface area contributed by atoms with Crippen LogP contribution < -0.4 is 0 Å². The van der Waals surface area contributed by atoms with Gasteiger partial charge in [0.15, 0.2) is 5.65 Å². The average molecular weight is 308 g/mol. The molecule has 0 unspecified atom stereocenters. The molecule has 2 heterocycles. The van der Waals surface area contributed by atoms with E-state index in [1.165, 1.54) is 25.7 Å². The standard InChI is InChI=1S/C17H26ClN3/c1-5-6-7-10-17(3,4)12-21-15(11-18)20-14-9-8-13(2)19-16(14)21/h8-9H,5-7,10-12H2,1-4H3. The van der Waals surface area contributed by atoms with E-state index >= 15 is 0 Å². The minimum absolute atomic E-state index is 0.231. The van der Waals surface area contributed by atoms with Gasteiger partial charge in [0.05, 0.1) is 5.88 Å². The maximum Gasteiger partial charge on any atom is 0.160 e. The Balaban J connectivity index is 2.29. The van der Waals surface area contributed by atoms with E-state index in [2.05, 4.69) is 35.3 Å². The number of rotatable bonds is 7. The number of imidazole rings is 1. The molecule has 0 aromatic carbocycles. The summed E-state index contributed by atoms with van der Waals surface area (Å²) < 4.78 is 2.21. The van der Waals surface area contributed by atoms with E-state index in [9.17, 15) is 0 Å². The number of aryl methyl sites for hydroxylation is 1. The third-order valence-corrected chi connectivity index (χ3v) is 4.21. The molecule has 21 heavy (non-hydrogen) atoms. The molecule has 0 saturated carbocycles. The lowest BCUT2D eigenvalue weighted by Gasteiger charge is -2.26. The van der Waals surface area contributed by atoms with E-state index in [0.717, 1.165) is 29.2 Å². The normalized spacial score (nSPS) is 12.2. The number of hydrogen-bond donors (Lipinski definition) is 0. The van der Waals surface area contributed by atoms with Gasteiger partial charge in [0.2, 0.25) is 0 Å². The number of nitrogens with zero attached hydrogens (tertiary/aromatic N) is 3. The molecule has 0 atom stereocenters. The predicted molar refractivity (Wildman–Crippen MR) is 89.7 cm³/mol. The van der Waals surface area contributed by atoms with Crippen molar-refractivity contribution in [3.8, 4) is 0 Å². The quantitative estimate of drug-likeness (QED) is 0.527. The molecule has 2 rings (SSSR count). The van der Waals surface area contributed by atoms with E-state index in [1.54, 1.807) is 0 Å². The molecular formula is C17H26ClN3. The second-order valence-corrected chi connectivity index (χ2v) is 6.93. The largest absolute Gasteiger partial charge is 0.311 e. The van der Waals surface area contributed by atoms with Crippen molar-refractivity contribution < 1.29 is 0 Å². The van der Waals surface area contributed by atoms with Crippen molar-refractivity contribution in [3.05, 3.63) is 23.7 Å². The van der Waals surface area contributed by atoms with Crippen molar-refractivity contribution in [2.75, 3.05) is 0 Å². The Labute approximate surface area is 132 Å². The van der Waals surface area contributed by atoms with Crippen LogP contribution in [0.3, 0.4) is 0 Å². The molecule has 0 N–H and O–H groups in total. The Morgan fingerprint density at radius 2 is 1.95 bits per heavy atom. The summed E-state index contributed by atoms with van der Waals surface area (Å²) in [5, 5.41) is 0. The van der Waals surface area contributed by atoms with Gasteiger partial charge < -0.3 is 4.57 Å². The van der Waals surface area contributed by atoms with E-state index in [-0.39, 0.29) is 5.41 Å². The topological polar surface area (TPSA) is 30.7 Å². The number of alkyl halides is 1. The molecule has 0 aliphatic heterocycles. The lowest BCUT2D eigenvalue weighted by Crippen LogP contribution is -2.21. The third-order valence-electron chi connectivity index (χ3n) is 3.97. The molecule has 0 radical (unpaired) electrons. The molecule has 2 aromatic heterocycles. The highest BCUT2D eigenvalue weighted by Gasteiger charge is 2.22. The minimum Gasteiger partial charge on any atom is -0.311 e. The van der Waals surface area contributed by atoms with E-state index < -0.39 is 0 Å². The summed E-state index contributed by atoms with van der Waals surface area (Å²) in [5.74, 6) is 1.36. The van der Waals surface area contributed by atoms with E-state index in [1.807, 2.05) is 19.1 Å². The van der Waals surface area contributed by atoms with Gasteiger partial charge in [-0.15, -0.1) is 11.6 Å². The van der Waals surface area contributed by atoms with E-state index in [0.29, 0.717) is 5.88 Å². The molecule has 0 fully saturated rings. The molecular weight excluding hydrogens is 282 g/mol. The van der Waals surface area contributed by atoms with Crippen molar-refractivity contribution >= 4 is 22.8 Å². The first-order valence-corrected chi connectivity index (χ1v) is 8.39. The maximum atomic E-state index is 6.09. The smallest absolute Gasteiger partial charge is 0.160 e. The zero-order valence-corrected chi connectivity index (χ0v) is 14.4. The van der Waals surface area contributed by atoms with Crippen LogP contribution in [-0.2, 0) is 12.4 Å². The monoisotopic (exact) mass is 307 g/mol. The van der Waals surface area contributed by atoms with Crippen LogP contribution in [0, 0.1) is 12.3 Å². The van der Waals surface area contributed by atoms with Crippen molar-refractivity contribution in [2.45, 2.75) is 65.8 Å². The number of fused-ring (bicyclic) bond motifs is 1. The molecule has 0 amide bonds. The molecule has 2 aromatic rings. The highest BCUT2D eigenvalue weighted by Crippen LogP contribution is 2.29. The summed E-state index contributed by atoms with van der Waals surface area (Å²) in [7, 11) is 0. The van der Waals surface area contributed by atoms with Crippen LogP contribution in [0.1, 0.15) is 58.0 Å². The van der Waals surface area contributed by atoms with Crippen molar-refractivity contribution in [1.82, 2.24) is 14.5 Å². The second-order valence-electron chi connectivity index (χ2n) is 6.66. The van der Waals surface area contributed by atoms with Gasteiger partial charge in [0, 0.05) is 12.2 Å². The van der Waals surface area contributed by atoms with Crippen molar-refractivity contribution in [2.24, 2.45) is 5.41 Å². The first kappa shape index (κ1) is 16.3. The maximum absolute atomic E-state index is 6.09. The van der Waals surface area contributed by atoms with Crippen LogP contribution in [0.5, 0.6) is 0 Å². The third kappa shape index (κ3) is 3.97. The molecule has 116 valence electrons. The number of hydrogen-bond acceptors (Lipinski definition) is 2. The summed E-state index contributed by atoms with van der Waals surface area (Å²) >= 11 is 6.09. The molecule has 0 saturated heterocycles. The number of halogens is 1. The Morgan fingerprint density at radius 1 is 1.19 bits per heavy atom. The fourth-order valence-electron chi connectivity index (χ4n) is 2.77. The Bertz CT molecular complexity index is 601. The van der Waals surface area contributed by atoms with Gasteiger partial charge >= 0.3 is 0 Å². The number of unbranched alkanes of at least 4 members (excludes halogenated alkanes) is 2. The Kier molecular flexibility index (Phi) is 5.26. The molecule has 0 aliphatic rings. The molecule has 0 aliphatic carbocycles. The van der Waals surface area contributed by atoms with Crippen LogP contribution >= 0.6 is 11.6 Å². The Hall–Kier alpha value is -1.09. The molecule has 0 spiro atoms. The summed E-state index contributed by atoms with van der Waals surface area (Å²) in [4.78, 5) is 9.29. The van der Waals surface area contributed by atoms with Gasteiger partial charge in [-0.1, -0.05) is 40.0 Å². The first-order chi connectivity index (χ1) is 9.96. The summed E-state index contributed by atoms with van der Waals surface area (Å²) in [6, 6.07) is 4.04. The average Bonchev–Trinajstić information content (AvgIpc) is 2.76.